The number of hydrogen-bond acceptors (Lipinski definition) is 5. The first-order chi connectivity index (χ1) is 13.7. The molecule has 1 unspecified atom stereocenters. The summed E-state index contributed by atoms with van der Waals surface area (Å²) < 4.78 is 59.2. The number of sulfonamides is 1. The third kappa shape index (κ3) is 4.73. The summed E-state index contributed by atoms with van der Waals surface area (Å²) in [6, 6.07) is 6.56. The van der Waals surface area contributed by atoms with E-state index in [-0.39, 0.29) is 35.1 Å². The van der Waals surface area contributed by atoms with Crippen LogP contribution in [-0.4, -0.2) is 31.9 Å². The second-order valence-corrected chi connectivity index (χ2v) is 8.57. The van der Waals surface area contributed by atoms with Crippen LogP contribution in [0.4, 0.5) is 14.5 Å². The molecule has 9 heteroatoms. The van der Waals surface area contributed by atoms with Gasteiger partial charge in [0.25, 0.3) is 0 Å². The van der Waals surface area contributed by atoms with Gasteiger partial charge in [-0.3, -0.25) is 9.52 Å². The first-order valence-corrected chi connectivity index (χ1v) is 10.5. The number of allylic oxidation sites excluding steroid dienone is 1. The molecule has 1 N–H and O–H groups in total. The molecule has 0 spiro atoms. The van der Waals surface area contributed by atoms with Crippen molar-refractivity contribution in [1.82, 2.24) is 4.90 Å². The number of Topliss-reactive ketones (excluding diaryl/α,β-unsaturated/α-hetero) is 1. The van der Waals surface area contributed by atoms with Gasteiger partial charge in [0.15, 0.2) is 17.3 Å². The van der Waals surface area contributed by atoms with Crippen molar-refractivity contribution in [1.29, 1.82) is 0 Å². The van der Waals surface area contributed by atoms with Gasteiger partial charge in [-0.2, -0.15) is 0 Å². The molecule has 0 aromatic heterocycles. The normalized spacial score (nSPS) is 16.8. The Labute approximate surface area is 167 Å². The van der Waals surface area contributed by atoms with Crippen LogP contribution in [0.2, 0.25) is 0 Å². The third-order valence-corrected chi connectivity index (χ3v) is 5.75. The maximum Gasteiger partial charge on any atom is 0.232 e. The van der Waals surface area contributed by atoms with Crippen LogP contribution in [0.25, 0.3) is 0 Å². The lowest BCUT2D eigenvalue weighted by Gasteiger charge is -2.30. The molecule has 1 aliphatic heterocycles. The van der Waals surface area contributed by atoms with Crippen LogP contribution >= 0.6 is 0 Å². The molecule has 0 fully saturated rings. The summed E-state index contributed by atoms with van der Waals surface area (Å²) in [6.07, 6.45) is 3.65. The van der Waals surface area contributed by atoms with E-state index >= 15 is 0 Å². The summed E-state index contributed by atoms with van der Waals surface area (Å²) in [5.41, 5.74) is 0.609. The molecule has 0 saturated heterocycles. The van der Waals surface area contributed by atoms with E-state index in [0.29, 0.717) is 11.6 Å². The molecule has 1 aliphatic rings. The number of likely N-dealkylation sites (N-methyl/N-ethyl adjacent to an activating group) is 1. The lowest BCUT2D eigenvalue weighted by Crippen LogP contribution is -2.30. The maximum absolute atomic E-state index is 13.9. The van der Waals surface area contributed by atoms with Gasteiger partial charge in [0, 0.05) is 25.1 Å². The van der Waals surface area contributed by atoms with Crippen LogP contribution in [0, 0.1) is 11.6 Å². The zero-order chi connectivity index (χ0) is 21.2. The molecule has 0 bridgehead atoms. The molecular formula is C20H20F2N2O4S. The van der Waals surface area contributed by atoms with Gasteiger partial charge in [-0.15, -0.1) is 0 Å². The minimum Gasteiger partial charge on any atom is -0.454 e. The summed E-state index contributed by atoms with van der Waals surface area (Å²) >= 11 is 0. The lowest BCUT2D eigenvalue weighted by atomic mass is 9.95. The summed E-state index contributed by atoms with van der Waals surface area (Å²) in [6.45, 7) is 1.50. The third-order valence-electron chi connectivity index (χ3n) is 4.46. The van der Waals surface area contributed by atoms with E-state index in [0.717, 1.165) is 12.1 Å². The molecule has 0 radical (unpaired) electrons. The second-order valence-electron chi connectivity index (χ2n) is 6.55. The maximum atomic E-state index is 13.9. The molecule has 0 aliphatic carbocycles. The minimum absolute atomic E-state index is 0.128. The fourth-order valence-electron chi connectivity index (χ4n) is 3.00. The zero-order valence-electron chi connectivity index (χ0n) is 15.9. The van der Waals surface area contributed by atoms with Crippen LogP contribution in [0.3, 0.4) is 0 Å². The number of rotatable bonds is 6. The number of benzene rings is 2. The molecule has 29 heavy (non-hydrogen) atoms. The number of carbonyl (C=O) groups excluding carboxylic acids is 1. The summed E-state index contributed by atoms with van der Waals surface area (Å²) in [7, 11) is -1.89. The minimum atomic E-state index is -3.59. The van der Waals surface area contributed by atoms with Gasteiger partial charge >= 0.3 is 0 Å². The van der Waals surface area contributed by atoms with Crippen molar-refractivity contribution in [3.63, 3.8) is 0 Å². The molecule has 2 aromatic rings. The highest BCUT2D eigenvalue weighted by atomic mass is 32.2. The molecule has 0 amide bonds. The lowest BCUT2D eigenvalue weighted by molar-refractivity contribution is -0.123. The largest absolute Gasteiger partial charge is 0.454 e. The first-order valence-electron chi connectivity index (χ1n) is 8.89. The van der Waals surface area contributed by atoms with Crippen molar-refractivity contribution >= 4 is 21.5 Å². The smallest absolute Gasteiger partial charge is 0.232 e. The van der Waals surface area contributed by atoms with Crippen molar-refractivity contribution in [3.8, 4) is 11.5 Å². The van der Waals surface area contributed by atoms with E-state index in [1.54, 1.807) is 24.2 Å². The number of halogens is 2. The quantitative estimate of drug-likeness (QED) is 0.762. The predicted molar refractivity (Wildman–Crippen MR) is 105 cm³/mol. The number of hydrogen-bond donors (Lipinski definition) is 1. The van der Waals surface area contributed by atoms with E-state index in [1.807, 2.05) is 0 Å². The highest BCUT2D eigenvalue weighted by Gasteiger charge is 2.29. The van der Waals surface area contributed by atoms with E-state index < -0.39 is 27.7 Å². The number of carbonyl (C=O) groups is 1. The number of ether oxygens (including phenoxy) is 1. The number of anilines is 1. The summed E-state index contributed by atoms with van der Waals surface area (Å²) in [5.74, 6) is -1.89. The Kier molecular flexibility index (Phi) is 5.88. The molecular weight excluding hydrogens is 402 g/mol. The Balaban J connectivity index is 2.04. The van der Waals surface area contributed by atoms with Crippen LogP contribution in [0.1, 0.15) is 24.9 Å². The topological polar surface area (TPSA) is 75.7 Å². The second kappa shape index (κ2) is 8.20. The highest BCUT2D eigenvalue weighted by molar-refractivity contribution is 7.92. The van der Waals surface area contributed by atoms with Gasteiger partial charge in [0.2, 0.25) is 10.0 Å². The van der Waals surface area contributed by atoms with Crippen molar-refractivity contribution < 1.29 is 26.7 Å². The van der Waals surface area contributed by atoms with Crippen LogP contribution in [-0.2, 0) is 14.8 Å². The molecule has 2 aromatic carbocycles. The number of nitrogens with one attached hydrogen (secondary N) is 1. The molecule has 6 nitrogen and oxygen atoms in total. The standard InChI is InChI=1S/C20H20F2N2O4S/c1-3-29(26,27)23-17-8-7-14(28-19-9-6-13(21)11-16(19)22)12-15(17)20-18(25)5-4-10-24(20)2/h4,6-12,20,23H,3,5H2,1-2H3. The molecule has 154 valence electrons. The Morgan fingerprint density at radius 1 is 1.21 bits per heavy atom. The number of nitrogens with zero attached hydrogens (tertiary/aromatic N) is 1. The molecule has 1 atom stereocenters. The predicted octanol–water partition coefficient (Wildman–Crippen LogP) is 3.98. The Hall–Kier alpha value is -2.94. The molecule has 3 rings (SSSR count). The van der Waals surface area contributed by atoms with Crippen LogP contribution < -0.4 is 9.46 Å². The van der Waals surface area contributed by atoms with Crippen molar-refractivity contribution in [3.05, 3.63) is 65.9 Å². The van der Waals surface area contributed by atoms with Gasteiger partial charge in [-0.05, 0) is 43.5 Å². The van der Waals surface area contributed by atoms with Gasteiger partial charge < -0.3 is 9.64 Å². The fourth-order valence-corrected chi connectivity index (χ4v) is 3.67. The highest BCUT2D eigenvalue weighted by Crippen LogP contribution is 2.36. The molecule has 1 heterocycles. The summed E-state index contributed by atoms with van der Waals surface area (Å²) in [4.78, 5) is 14.2. The Morgan fingerprint density at radius 2 is 1.97 bits per heavy atom. The molecule has 0 saturated carbocycles. The van der Waals surface area contributed by atoms with Crippen molar-refractivity contribution in [2.75, 3.05) is 17.5 Å². The first kappa shape index (κ1) is 20.8. The van der Waals surface area contributed by atoms with Gasteiger partial charge in [0.05, 0.1) is 11.4 Å². The van der Waals surface area contributed by atoms with Gasteiger partial charge in [-0.1, -0.05) is 6.08 Å². The van der Waals surface area contributed by atoms with E-state index in [2.05, 4.69) is 4.72 Å². The zero-order valence-corrected chi connectivity index (χ0v) is 16.7. The van der Waals surface area contributed by atoms with E-state index in [1.165, 1.54) is 25.1 Å². The average Bonchev–Trinajstić information content (AvgIpc) is 2.65. The Bertz CT molecular complexity index is 1070. The van der Waals surface area contributed by atoms with E-state index in [4.69, 9.17) is 4.74 Å². The number of ketones is 1. The summed E-state index contributed by atoms with van der Waals surface area (Å²) in [5, 5.41) is 0. The van der Waals surface area contributed by atoms with Gasteiger partial charge in [-0.25, -0.2) is 17.2 Å². The fraction of sp³-hybridized carbons (Fsp3) is 0.250. The van der Waals surface area contributed by atoms with Gasteiger partial charge in [0.1, 0.15) is 17.6 Å². The average molecular weight is 422 g/mol. The Morgan fingerprint density at radius 3 is 2.62 bits per heavy atom. The van der Waals surface area contributed by atoms with Crippen molar-refractivity contribution in [2.45, 2.75) is 19.4 Å². The van der Waals surface area contributed by atoms with Crippen LogP contribution in [0.15, 0.2) is 48.7 Å². The monoisotopic (exact) mass is 422 g/mol. The van der Waals surface area contributed by atoms with Crippen molar-refractivity contribution in [2.24, 2.45) is 0 Å². The van der Waals surface area contributed by atoms with E-state index in [9.17, 15) is 22.0 Å². The SMILES string of the molecule is CCS(=O)(=O)Nc1ccc(Oc2ccc(F)cc2F)cc1C1C(=O)CC=CN1C. The van der Waals surface area contributed by atoms with Crippen LogP contribution in [0.5, 0.6) is 11.5 Å².